The van der Waals surface area contributed by atoms with Crippen molar-refractivity contribution < 1.29 is 4.74 Å². The molecule has 160 valence electrons. The lowest BCUT2D eigenvalue weighted by atomic mass is 10.2. The van der Waals surface area contributed by atoms with E-state index in [0.29, 0.717) is 23.6 Å². The predicted molar refractivity (Wildman–Crippen MR) is 125 cm³/mol. The van der Waals surface area contributed by atoms with Crippen molar-refractivity contribution in [3.8, 4) is 0 Å². The Morgan fingerprint density at radius 3 is 2.50 bits per heavy atom. The maximum Gasteiger partial charge on any atom is 0.229 e. The average molecular weight is 428 g/mol. The van der Waals surface area contributed by atoms with Crippen molar-refractivity contribution in [1.29, 1.82) is 0 Å². The molecule has 0 saturated carbocycles. The smallest absolute Gasteiger partial charge is 0.229 e. The number of nitrogens with zero attached hydrogens (tertiary/aromatic N) is 4. The van der Waals surface area contributed by atoms with Crippen molar-refractivity contribution in [2.75, 3.05) is 50.0 Å². The molecule has 0 unspecified atom stereocenters. The molecule has 30 heavy (non-hydrogen) atoms. The third-order valence-electron chi connectivity index (χ3n) is 4.63. The van der Waals surface area contributed by atoms with E-state index in [1.165, 1.54) is 0 Å². The van der Waals surface area contributed by atoms with Gasteiger partial charge < -0.3 is 15.4 Å². The molecule has 0 aliphatic carbocycles. The number of hydrogen-bond acceptors (Lipinski definition) is 6. The number of aliphatic imine (C=N–C) groups is 1. The number of morpholine rings is 1. The van der Waals surface area contributed by atoms with E-state index in [1.54, 1.807) is 0 Å². The molecule has 1 aliphatic heterocycles. The number of anilines is 2. The zero-order chi connectivity index (χ0) is 21.3. The van der Waals surface area contributed by atoms with Gasteiger partial charge in [-0.15, -0.1) is 0 Å². The van der Waals surface area contributed by atoms with E-state index in [2.05, 4.69) is 35.8 Å². The molecule has 2 heterocycles. The van der Waals surface area contributed by atoms with E-state index < -0.39 is 0 Å². The number of aromatic nitrogens is 2. The van der Waals surface area contributed by atoms with Gasteiger partial charge in [-0.3, -0.25) is 15.2 Å². The van der Waals surface area contributed by atoms with Gasteiger partial charge in [0.1, 0.15) is 0 Å². The van der Waals surface area contributed by atoms with Crippen molar-refractivity contribution in [1.82, 2.24) is 20.2 Å². The van der Waals surface area contributed by atoms with Crippen LogP contribution in [0.2, 0.25) is 0 Å². The minimum Gasteiger partial charge on any atom is -0.379 e. The minimum absolute atomic E-state index is 0.450. The molecule has 0 amide bonds. The van der Waals surface area contributed by atoms with Gasteiger partial charge in [0, 0.05) is 36.7 Å². The first-order valence-corrected chi connectivity index (χ1v) is 10.5. The van der Waals surface area contributed by atoms with E-state index in [4.69, 9.17) is 17.0 Å². The summed E-state index contributed by atoms with van der Waals surface area (Å²) in [6.45, 7) is 10.8. The summed E-state index contributed by atoms with van der Waals surface area (Å²) in [5, 5.41) is 10.0. The van der Waals surface area contributed by atoms with Crippen LogP contribution in [0.3, 0.4) is 0 Å². The van der Waals surface area contributed by atoms with Gasteiger partial charge in [0.05, 0.1) is 19.8 Å². The summed E-state index contributed by atoms with van der Waals surface area (Å²) in [7, 11) is 0. The molecule has 3 N–H and O–H groups in total. The van der Waals surface area contributed by atoms with E-state index in [-0.39, 0.29) is 0 Å². The van der Waals surface area contributed by atoms with E-state index in [0.717, 1.165) is 55.5 Å². The molecule has 1 aromatic heterocycles. The number of ether oxygens (including phenoxy) is 1. The third kappa shape index (κ3) is 7.01. The van der Waals surface area contributed by atoms with Crippen LogP contribution in [0.4, 0.5) is 11.6 Å². The van der Waals surface area contributed by atoms with Gasteiger partial charge in [-0.2, -0.15) is 0 Å². The Labute approximate surface area is 183 Å². The van der Waals surface area contributed by atoms with Crippen molar-refractivity contribution in [2.24, 2.45) is 4.99 Å². The molecule has 2 aromatic rings. The Kier molecular flexibility index (Phi) is 8.06. The second kappa shape index (κ2) is 11.0. The van der Waals surface area contributed by atoms with E-state index in [9.17, 15) is 0 Å². The van der Waals surface area contributed by atoms with Crippen LogP contribution >= 0.6 is 12.2 Å². The van der Waals surface area contributed by atoms with Gasteiger partial charge in [0.15, 0.2) is 5.11 Å². The highest BCUT2D eigenvalue weighted by Gasteiger charge is 2.11. The highest BCUT2D eigenvalue weighted by atomic mass is 32.1. The molecule has 1 aliphatic rings. The molecular weight excluding hydrogens is 398 g/mol. The largest absolute Gasteiger partial charge is 0.379 e. The Hall–Kier alpha value is -2.62. The van der Waals surface area contributed by atoms with Crippen LogP contribution in [0.1, 0.15) is 17.0 Å². The van der Waals surface area contributed by atoms with Gasteiger partial charge in [-0.25, -0.2) is 9.97 Å². The monoisotopic (exact) mass is 427 g/mol. The first kappa shape index (κ1) is 22.1. The summed E-state index contributed by atoms with van der Waals surface area (Å²) in [4.78, 5) is 15.9. The molecule has 8 nitrogen and oxygen atoms in total. The number of benzene rings is 1. The topological polar surface area (TPSA) is 86.7 Å². The number of nitrogens with one attached hydrogen (secondary N) is 3. The zero-order valence-electron chi connectivity index (χ0n) is 17.7. The first-order chi connectivity index (χ1) is 14.5. The van der Waals surface area contributed by atoms with Crippen LogP contribution in [-0.2, 0) is 4.74 Å². The van der Waals surface area contributed by atoms with Crippen molar-refractivity contribution in [3.63, 3.8) is 0 Å². The van der Waals surface area contributed by atoms with Gasteiger partial charge in [-0.1, -0.05) is 18.2 Å². The number of rotatable bonds is 5. The highest BCUT2D eigenvalue weighted by molar-refractivity contribution is 7.80. The lowest BCUT2D eigenvalue weighted by molar-refractivity contribution is 0.0394. The maximum atomic E-state index is 5.50. The van der Waals surface area contributed by atoms with E-state index in [1.807, 2.05) is 51.1 Å². The van der Waals surface area contributed by atoms with Crippen LogP contribution in [-0.4, -0.2) is 65.3 Å². The fourth-order valence-corrected chi connectivity index (χ4v) is 3.31. The maximum absolute atomic E-state index is 5.50. The quantitative estimate of drug-likeness (QED) is 0.381. The molecule has 0 spiro atoms. The highest BCUT2D eigenvalue weighted by Crippen LogP contribution is 2.12. The number of para-hydroxylation sites is 1. The summed E-state index contributed by atoms with van der Waals surface area (Å²) in [5.74, 6) is 1.00. The van der Waals surface area contributed by atoms with Crippen LogP contribution in [0.5, 0.6) is 0 Å². The van der Waals surface area contributed by atoms with E-state index >= 15 is 0 Å². The number of guanidine groups is 1. The van der Waals surface area contributed by atoms with Gasteiger partial charge in [-0.05, 0) is 50.7 Å². The Bertz CT molecular complexity index is 876. The Morgan fingerprint density at radius 1 is 1.10 bits per heavy atom. The normalized spacial score (nSPS) is 15.0. The van der Waals surface area contributed by atoms with Gasteiger partial charge >= 0.3 is 0 Å². The lowest BCUT2D eigenvalue weighted by Gasteiger charge is -2.25. The predicted octanol–water partition coefficient (Wildman–Crippen LogP) is 2.49. The minimum atomic E-state index is 0.450. The number of hydrogen-bond donors (Lipinski definition) is 3. The van der Waals surface area contributed by atoms with Crippen LogP contribution < -0.4 is 16.0 Å². The van der Waals surface area contributed by atoms with Crippen LogP contribution in [0.25, 0.3) is 0 Å². The Balaban J connectivity index is 1.67. The molecule has 1 fully saturated rings. The summed E-state index contributed by atoms with van der Waals surface area (Å²) < 4.78 is 5.40. The molecule has 3 rings (SSSR count). The number of thiocarbonyl (C=S) groups is 1. The molecule has 0 atom stereocenters. The second-order valence-corrected chi connectivity index (χ2v) is 7.59. The van der Waals surface area contributed by atoms with Crippen molar-refractivity contribution in [3.05, 3.63) is 47.3 Å². The summed E-state index contributed by atoms with van der Waals surface area (Å²) in [6, 6.07) is 9.91. The van der Waals surface area contributed by atoms with Gasteiger partial charge in [0.2, 0.25) is 11.9 Å². The molecule has 0 radical (unpaired) electrons. The third-order valence-corrected chi connectivity index (χ3v) is 4.83. The van der Waals surface area contributed by atoms with Crippen molar-refractivity contribution in [2.45, 2.75) is 20.8 Å². The fraction of sp³-hybridized carbons (Fsp3) is 0.429. The van der Waals surface area contributed by atoms with Crippen LogP contribution in [0.15, 0.2) is 35.3 Å². The zero-order valence-corrected chi connectivity index (χ0v) is 18.6. The SMILES string of the molecule is Cc1cc(C)nc(NC(=NCCN2CCOCC2)NC(=S)Nc2ccccc2C)n1. The first-order valence-electron chi connectivity index (χ1n) is 10.1. The second-order valence-electron chi connectivity index (χ2n) is 7.18. The molecule has 1 saturated heterocycles. The van der Waals surface area contributed by atoms with Crippen LogP contribution in [0, 0.1) is 20.8 Å². The summed E-state index contributed by atoms with van der Waals surface area (Å²) in [6.07, 6.45) is 0. The lowest BCUT2D eigenvalue weighted by Crippen LogP contribution is -2.41. The number of aryl methyl sites for hydroxylation is 3. The van der Waals surface area contributed by atoms with Gasteiger partial charge in [0.25, 0.3) is 0 Å². The molecule has 1 aromatic carbocycles. The molecule has 9 heteroatoms. The molecular formula is C21H29N7OS. The van der Waals surface area contributed by atoms with Crippen molar-refractivity contribution >= 4 is 34.9 Å². The fourth-order valence-electron chi connectivity index (χ4n) is 3.10. The standard InChI is InChI=1S/C21H29N7OS/c1-15-6-4-5-7-18(15)25-21(30)27-19(22-8-9-28-10-12-29-13-11-28)26-20-23-16(2)14-17(3)24-20/h4-7,14H,8-13H2,1-3H3,(H3,22,23,24,25,26,27,30). The Morgan fingerprint density at radius 2 is 1.80 bits per heavy atom. The molecule has 0 bridgehead atoms. The summed E-state index contributed by atoms with van der Waals surface area (Å²) in [5.41, 5.74) is 3.83. The average Bonchev–Trinajstić information content (AvgIpc) is 2.70. The summed E-state index contributed by atoms with van der Waals surface area (Å²) >= 11 is 5.50.